The number of fused-ring (bicyclic) bond motifs is 2. The maximum atomic E-state index is 12.1. The van der Waals surface area contributed by atoms with E-state index in [0.29, 0.717) is 17.7 Å². The van der Waals surface area contributed by atoms with Crippen LogP contribution in [0, 0.1) is 17.8 Å². The number of amides is 1. The summed E-state index contributed by atoms with van der Waals surface area (Å²) in [5.41, 5.74) is 0. The summed E-state index contributed by atoms with van der Waals surface area (Å²) in [7, 11) is 0. The second kappa shape index (κ2) is 6.74. The average molecular weight is 368 g/mol. The highest BCUT2D eigenvalue weighted by Gasteiger charge is 2.42. The Morgan fingerprint density at radius 3 is 2.71 bits per heavy atom. The van der Waals surface area contributed by atoms with Gasteiger partial charge in [0.15, 0.2) is 0 Å². The molecular weight excluding hydrogens is 346 g/mol. The monoisotopic (exact) mass is 367 g/mol. The normalized spacial score (nSPS) is 28.6. The molecule has 2 nitrogen and oxygen atoms in total. The summed E-state index contributed by atoms with van der Waals surface area (Å²) in [5, 5.41) is 3.22. The van der Waals surface area contributed by atoms with Crippen LogP contribution < -0.4 is 5.32 Å². The molecule has 114 valence electrons. The largest absolute Gasteiger partial charge is 0.353 e. The van der Waals surface area contributed by atoms with Gasteiger partial charge in [0.1, 0.15) is 0 Å². The van der Waals surface area contributed by atoms with Gasteiger partial charge in [-0.2, -0.15) is 0 Å². The fourth-order valence-corrected chi connectivity index (χ4v) is 4.96. The minimum atomic E-state index is 0.165. The Morgan fingerprint density at radius 1 is 1.33 bits per heavy atom. The molecule has 0 aromatic heterocycles. The van der Waals surface area contributed by atoms with Gasteiger partial charge in [-0.3, -0.25) is 4.79 Å². The van der Waals surface area contributed by atoms with E-state index in [1.807, 2.05) is 24.3 Å². The van der Waals surface area contributed by atoms with Crippen molar-refractivity contribution in [2.75, 3.05) is 5.75 Å². The van der Waals surface area contributed by atoms with E-state index in [0.717, 1.165) is 21.2 Å². The fraction of sp³-hybridized carbons (Fsp3) is 0.588. The molecule has 1 aromatic carbocycles. The van der Waals surface area contributed by atoms with E-state index >= 15 is 0 Å². The lowest BCUT2D eigenvalue weighted by atomic mass is 9.84. The van der Waals surface area contributed by atoms with Crippen LogP contribution in [0.25, 0.3) is 0 Å². The number of carbonyl (C=O) groups is 1. The predicted octanol–water partition coefficient (Wildman–Crippen LogP) is 4.48. The Hall–Kier alpha value is -0.480. The average Bonchev–Trinajstić information content (AvgIpc) is 3.09. The number of halogens is 1. The third-order valence-electron chi connectivity index (χ3n) is 5.01. The lowest BCUT2D eigenvalue weighted by Gasteiger charge is -2.28. The number of thioether (sulfide) groups is 1. The summed E-state index contributed by atoms with van der Waals surface area (Å²) in [6.07, 6.45) is 5.52. The van der Waals surface area contributed by atoms with Gasteiger partial charge in [0, 0.05) is 15.4 Å². The Bertz CT molecular complexity index is 504. The highest BCUT2D eigenvalue weighted by atomic mass is 79.9. The van der Waals surface area contributed by atoms with Crippen molar-refractivity contribution in [1.29, 1.82) is 0 Å². The molecule has 1 amide bonds. The van der Waals surface area contributed by atoms with Gasteiger partial charge in [-0.1, -0.05) is 22.4 Å². The van der Waals surface area contributed by atoms with Gasteiger partial charge in [0.05, 0.1) is 5.75 Å². The van der Waals surface area contributed by atoms with Crippen LogP contribution in [0.3, 0.4) is 0 Å². The van der Waals surface area contributed by atoms with Crippen molar-refractivity contribution in [3.63, 3.8) is 0 Å². The topological polar surface area (TPSA) is 29.1 Å². The van der Waals surface area contributed by atoms with Gasteiger partial charge in [-0.05, 0) is 68.2 Å². The van der Waals surface area contributed by atoms with E-state index in [4.69, 9.17) is 0 Å². The number of hydrogen-bond acceptors (Lipinski definition) is 2. The van der Waals surface area contributed by atoms with Crippen molar-refractivity contribution in [3.8, 4) is 0 Å². The maximum Gasteiger partial charge on any atom is 0.230 e. The molecule has 0 saturated heterocycles. The van der Waals surface area contributed by atoms with Crippen molar-refractivity contribution < 1.29 is 4.79 Å². The highest BCUT2D eigenvalue weighted by Crippen LogP contribution is 2.49. The Kier molecular flexibility index (Phi) is 4.95. The SMILES string of the molecule is C[C@@H](NC(=O)CSc1ccc(Br)cc1)[C@@H]1C[C@@H]2CC[C@H]1C2. The second-order valence-electron chi connectivity index (χ2n) is 6.44. The van der Waals surface area contributed by atoms with E-state index < -0.39 is 0 Å². The smallest absolute Gasteiger partial charge is 0.230 e. The first kappa shape index (κ1) is 15.4. The van der Waals surface area contributed by atoms with Crippen molar-refractivity contribution in [2.45, 2.75) is 43.5 Å². The molecule has 0 spiro atoms. The van der Waals surface area contributed by atoms with Gasteiger partial charge in [-0.15, -0.1) is 11.8 Å². The molecule has 0 aliphatic heterocycles. The van der Waals surface area contributed by atoms with E-state index in [2.05, 4.69) is 28.2 Å². The predicted molar refractivity (Wildman–Crippen MR) is 91.4 cm³/mol. The lowest BCUT2D eigenvalue weighted by Crippen LogP contribution is -2.40. The van der Waals surface area contributed by atoms with Gasteiger partial charge >= 0.3 is 0 Å². The lowest BCUT2D eigenvalue weighted by molar-refractivity contribution is -0.119. The summed E-state index contributed by atoms with van der Waals surface area (Å²) in [6.45, 7) is 2.19. The van der Waals surface area contributed by atoms with Gasteiger partial charge in [0.25, 0.3) is 0 Å². The molecule has 2 bridgehead atoms. The van der Waals surface area contributed by atoms with E-state index in [1.165, 1.54) is 25.7 Å². The number of hydrogen-bond donors (Lipinski definition) is 1. The van der Waals surface area contributed by atoms with Crippen molar-refractivity contribution in [3.05, 3.63) is 28.7 Å². The number of rotatable bonds is 5. The summed E-state index contributed by atoms with van der Waals surface area (Å²) in [6, 6.07) is 8.44. The first-order valence-corrected chi connectivity index (χ1v) is 9.57. The minimum absolute atomic E-state index is 0.165. The summed E-state index contributed by atoms with van der Waals surface area (Å²) in [4.78, 5) is 13.3. The molecule has 0 unspecified atom stereocenters. The second-order valence-corrected chi connectivity index (χ2v) is 8.40. The number of benzene rings is 1. The number of carbonyl (C=O) groups excluding carboxylic acids is 1. The molecule has 0 heterocycles. The van der Waals surface area contributed by atoms with Crippen LogP contribution in [0.5, 0.6) is 0 Å². The Morgan fingerprint density at radius 2 is 2.10 bits per heavy atom. The van der Waals surface area contributed by atoms with Crippen LogP contribution in [0.15, 0.2) is 33.6 Å². The molecule has 2 aliphatic carbocycles. The first-order valence-electron chi connectivity index (χ1n) is 7.79. The molecule has 2 saturated carbocycles. The van der Waals surface area contributed by atoms with Crippen LogP contribution in [0.4, 0.5) is 0 Å². The fourth-order valence-electron chi connectivity index (χ4n) is 3.99. The van der Waals surface area contributed by atoms with Gasteiger partial charge in [-0.25, -0.2) is 0 Å². The zero-order chi connectivity index (χ0) is 14.8. The standard InChI is InChI=1S/C17H22BrNOS/c1-11(16-9-12-2-3-13(16)8-12)19-17(20)10-21-15-6-4-14(18)5-7-15/h4-7,11-13,16H,2-3,8-10H2,1H3,(H,19,20)/t11-,12-,13+,16+/m1/s1. The molecule has 1 aromatic rings. The molecular formula is C17H22BrNOS. The Labute approximate surface area is 139 Å². The van der Waals surface area contributed by atoms with E-state index in [-0.39, 0.29) is 5.91 Å². The first-order chi connectivity index (χ1) is 10.1. The van der Waals surface area contributed by atoms with E-state index in [1.54, 1.807) is 11.8 Å². The van der Waals surface area contributed by atoms with Crippen molar-refractivity contribution in [2.24, 2.45) is 17.8 Å². The summed E-state index contributed by atoms with van der Waals surface area (Å²) < 4.78 is 1.07. The zero-order valence-corrected chi connectivity index (χ0v) is 14.8. The third kappa shape index (κ3) is 3.84. The molecule has 21 heavy (non-hydrogen) atoms. The summed E-state index contributed by atoms with van der Waals surface area (Å²) >= 11 is 5.03. The van der Waals surface area contributed by atoms with Crippen LogP contribution in [-0.4, -0.2) is 17.7 Å². The molecule has 4 atom stereocenters. The number of nitrogens with one attached hydrogen (secondary N) is 1. The third-order valence-corrected chi connectivity index (χ3v) is 6.55. The molecule has 1 N–H and O–H groups in total. The highest BCUT2D eigenvalue weighted by molar-refractivity contribution is 9.10. The molecule has 2 fully saturated rings. The van der Waals surface area contributed by atoms with Gasteiger partial charge in [0.2, 0.25) is 5.91 Å². The molecule has 4 heteroatoms. The minimum Gasteiger partial charge on any atom is -0.353 e. The van der Waals surface area contributed by atoms with E-state index in [9.17, 15) is 4.79 Å². The molecule has 3 rings (SSSR count). The zero-order valence-electron chi connectivity index (χ0n) is 12.3. The quantitative estimate of drug-likeness (QED) is 0.777. The van der Waals surface area contributed by atoms with Crippen molar-refractivity contribution in [1.82, 2.24) is 5.32 Å². The maximum absolute atomic E-state index is 12.1. The Balaban J connectivity index is 1.44. The summed E-state index contributed by atoms with van der Waals surface area (Å²) in [5.74, 6) is 3.19. The van der Waals surface area contributed by atoms with Gasteiger partial charge < -0.3 is 5.32 Å². The van der Waals surface area contributed by atoms with Crippen LogP contribution >= 0.6 is 27.7 Å². The van der Waals surface area contributed by atoms with Crippen LogP contribution in [0.2, 0.25) is 0 Å². The molecule has 2 aliphatic rings. The molecule has 0 radical (unpaired) electrons. The van der Waals surface area contributed by atoms with Crippen molar-refractivity contribution >= 4 is 33.6 Å². The van der Waals surface area contributed by atoms with Crippen LogP contribution in [-0.2, 0) is 4.79 Å². The van der Waals surface area contributed by atoms with Crippen LogP contribution in [0.1, 0.15) is 32.6 Å².